The Bertz CT molecular complexity index is 602. The van der Waals surface area contributed by atoms with E-state index >= 15 is 0 Å². The number of pyridine rings is 1. The number of carbonyl (C=O) groups excluding carboxylic acids is 1. The van der Waals surface area contributed by atoms with E-state index in [9.17, 15) is 4.79 Å². The molecule has 1 atom stereocenters. The van der Waals surface area contributed by atoms with Gasteiger partial charge in [-0.15, -0.1) is 0 Å². The first-order chi connectivity index (χ1) is 10.5. The number of benzene rings is 1. The van der Waals surface area contributed by atoms with Gasteiger partial charge in [-0.3, -0.25) is 15.1 Å². The monoisotopic (exact) mass is 357 g/mol. The molecule has 1 aromatic heterocycles. The molecule has 2 N–H and O–H groups in total. The van der Waals surface area contributed by atoms with Crippen LogP contribution in [0.4, 0.5) is 0 Å². The minimum atomic E-state index is -1.69. The molecule has 22 heavy (non-hydrogen) atoms. The van der Waals surface area contributed by atoms with Gasteiger partial charge >= 0.3 is 0 Å². The summed E-state index contributed by atoms with van der Waals surface area (Å²) >= 11 is 17.8. The molecule has 0 fully saturated rings. The third-order valence-corrected chi connectivity index (χ3v) is 3.53. The Kier molecular flexibility index (Phi) is 6.03. The van der Waals surface area contributed by atoms with Crippen LogP contribution < -0.4 is 10.6 Å². The molecule has 2 rings (SSSR count). The Morgan fingerprint density at radius 1 is 1.14 bits per heavy atom. The fourth-order valence-corrected chi connectivity index (χ4v) is 2.17. The lowest BCUT2D eigenvalue weighted by atomic mass is 10.2. The molecule has 0 unspecified atom stereocenters. The van der Waals surface area contributed by atoms with E-state index in [2.05, 4.69) is 15.6 Å². The fraction of sp³-hybridized carbons (Fsp3) is 0.200. The highest BCUT2D eigenvalue weighted by molar-refractivity contribution is 6.68. The van der Waals surface area contributed by atoms with Gasteiger partial charge in [0.2, 0.25) is 3.79 Å². The van der Waals surface area contributed by atoms with Crippen molar-refractivity contribution in [1.82, 2.24) is 15.6 Å². The quantitative estimate of drug-likeness (QED) is 0.637. The second kappa shape index (κ2) is 7.79. The zero-order valence-electron chi connectivity index (χ0n) is 11.5. The maximum absolute atomic E-state index is 12.1. The highest BCUT2D eigenvalue weighted by Crippen LogP contribution is 2.29. The van der Waals surface area contributed by atoms with Crippen LogP contribution in [0.25, 0.3) is 0 Å². The zero-order valence-corrected chi connectivity index (χ0v) is 13.7. The first-order valence-corrected chi connectivity index (χ1v) is 7.65. The van der Waals surface area contributed by atoms with E-state index in [0.29, 0.717) is 12.1 Å². The van der Waals surface area contributed by atoms with Crippen LogP contribution in [0, 0.1) is 0 Å². The predicted molar refractivity (Wildman–Crippen MR) is 89.1 cm³/mol. The number of halogens is 3. The highest BCUT2D eigenvalue weighted by atomic mass is 35.6. The van der Waals surface area contributed by atoms with Crippen LogP contribution in [0.2, 0.25) is 0 Å². The van der Waals surface area contributed by atoms with Crippen LogP contribution in [0.1, 0.15) is 15.9 Å². The van der Waals surface area contributed by atoms with Gasteiger partial charge in [-0.1, -0.05) is 65.1 Å². The number of rotatable bonds is 5. The van der Waals surface area contributed by atoms with Gasteiger partial charge in [0.25, 0.3) is 5.91 Å². The number of carbonyl (C=O) groups is 1. The van der Waals surface area contributed by atoms with Gasteiger partial charge in [-0.25, -0.2) is 0 Å². The van der Waals surface area contributed by atoms with E-state index in [1.165, 1.54) is 6.20 Å². The van der Waals surface area contributed by atoms with Crippen molar-refractivity contribution in [1.29, 1.82) is 0 Å². The van der Waals surface area contributed by atoms with Gasteiger partial charge in [0.05, 0.1) is 5.56 Å². The molecule has 0 radical (unpaired) electrons. The van der Waals surface area contributed by atoms with Crippen molar-refractivity contribution >= 4 is 40.7 Å². The van der Waals surface area contributed by atoms with Gasteiger partial charge in [-0.2, -0.15) is 0 Å². The van der Waals surface area contributed by atoms with E-state index in [1.54, 1.807) is 18.3 Å². The summed E-state index contributed by atoms with van der Waals surface area (Å²) in [5.41, 5.74) is 1.40. The van der Waals surface area contributed by atoms with Crippen molar-refractivity contribution in [2.75, 3.05) is 0 Å². The summed E-state index contributed by atoms with van der Waals surface area (Å²) in [6.07, 6.45) is 2.18. The van der Waals surface area contributed by atoms with Crippen LogP contribution in [0.15, 0.2) is 54.9 Å². The van der Waals surface area contributed by atoms with Crippen molar-refractivity contribution in [3.05, 3.63) is 66.0 Å². The molecule has 0 saturated heterocycles. The molecular weight excluding hydrogens is 345 g/mol. The SMILES string of the molecule is O=C(N[C@H](NCc1ccccc1)C(Cl)(Cl)Cl)c1cccnc1. The average molecular weight is 359 g/mol. The molecule has 1 aromatic carbocycles. The average Bonchev–Trinajstić information content (AvgIpc) is 2.52. The van der Waals surface area contributed by atoms with E-state index < -0.39 is 9.96 Å². The minimum Gasteiger partial charge on any atom is -0.333 e. The summed E-state index contributed by atoms with van der Waals surface area (Å²) in [6.45, 7) is 0.451. The van der Waals surface area contributed by atoms with Gasteiger partial charge < -0.3 is 5.32 Å². The van der Waals surface area contributed by atoms with Gasteiger partial charge in [-0.05, 0) is 17.7 Å². The summed E-state index contributed by atoms with van der Waals surface area (Å²) in [5.74, 6) is -0.370. The smallest absolute Gasteiger partial charge is 0.254 e. The fourth-order valence-electron chi connectivity index (χ4n) is 1.78. The highest BCUT2D eigenvalue weighted by Gasteiger charge is 2.33. The molecule has 0 bridgehead atoms. The van der Waals surface area contributed by atoms with Gasteiger partial charge in [0.15, 0.2) is 0 Å². The normalized spacial score (nSPS) is 12.7. The van der Waals surface area contributed by atoms with Crippen molar-refractivity contribution in [3.63, 3.8) is 0 Å². The largest absolute Gasteiger partial charge is 0.333 e. The number of nitrogens with one attached hydrogen (secondary N) is 2. The Morgan fingerprint density at radius 2 is 1.86 bits per heavy atom. The molecule has 0 spiro atoms. The number of amides is 1. The lowest BCUT2D eigenvalue weighted by Gasteiger charge is -2.26. The predicted octanol–water partition coefficient (Wildman–Crippen LogP) is 3.30. The molecule has 2 aromatic rings. The minimum absolute atomic E-state index is 0.370. The molecule has 4 nitrogen and oxygen atoms in total. The maximum Gasteiger partial charge on any atom is 0.254 e. The van der Waals surface area contributed by atoms with Gasteiger partial charge in [0, 0.05) is 18.9 Å². The summed E-state index contributed by atoms with van der Waals surface area (Å²) in [4.78, 5) is 16.0. The summed E-state index contributed by atoms with van der Waals surface area (Å²) < 4.78 is -1.69. The second-order valence-corrected chi connectivity index (χ2v) is 6.93. The number of nitrogens with zero attached hydrogens (tertiary/aromatic N) is 1. The van der Waals surface area contributed by atoms with Crippen LogP contribution in [-0.2, 0) is 6.54 Å². The van der Waals surface area contributed by atoms with Crippen LogP contribution in [0.5, 0.6) is 0 Å². The topological polar surface area (TPSA) is 54.0 Å². The van der Waals surface area contributed by atoms with E-state index in [1.807, 2.05) is 30.3 Å². The molecule has 0 aliphatic rings. The lowest BCUT2D eigenvalue weighted by molar-refractivity contribution is 0.0929. The molecule has 1 amide bonds. The molecule has 0 saturated carbocycles. The molecule has 116 valence electrons. The maximum atomic E-state index is 12.1. The van der Waals surface area contributed by atoms with Crippen LogP contribution >= 0.6 is 34.8 Å². The molecule has 0 aliphatic carbocycles. The van der Waals surface area contributed by atoms with Crippen molar-refractivity contribution in [2.45, 2.75) is 16.5 Å². The van der Waals surface area contributed by atoms with Crippen molar-refractivity contribution in [3.8, 4) is 0 Å². The van der Waals surface area contributed by atoms with Crippen LogP contribution in [0.3, 0.4) is 0 Å². The Balaban J connectivity index is 2.02. The van der Waals surface area contributed by atoms with Gasteiger partial charge in [0.1, 0.15) is 6.17 Å². The lowest BCUT2D eigenvalue weighted by Crippen LogP contribution is -2.53. The van der Waals surface area contributed by atoms with E-state index in [4.69, 9.17) is 34.8 Å². The Hall–Kier alpha value is -1.33. The number of hydrogen-bond acceptors (Lipinski definition) is 3. The molecular formula is C15H14Cl3N3O. The standard InChI is InChI=1S/C15H14Cl3N3O/c16-15(17,18)14(20-9-11-5-2-1-3-6-11)21-13(22)12-7-4-8-19-10-12/h1-8,10,14,20H,9H2,(H,21,22)/t14-/m0/s1. The second-order valence-electron chi connectivity index (χ2n) is 4.56. The summed E-state index contributed by atoms with van der Waals surface area (Å²) in [7, 11) is 0. The molecule has 0 aliphatic heterocycles. The Labute approximate surface area is 143 Å². The molecule has 1 heterocycles. The number of hydrogen-bond donors (Lipinski definition) is 2. The van der Waals surface area contributed by atoms with Crippen LogP contribution in [-0.4, -0.2) is 20.8 Å². The third-order valence-electron chi connectivity index (χ3n) is 2.88. The van der Waals surface area contributed by atoms with E-state index in [-0.39, 0.29) is 5.91 Å². The van der Waals surface area contributed by atoms with Crippen molar-refractivity contribution < 1.29 is 4.79 Å². The number of aromatic nitrogens is 1. The summed E-state index contributed by atoms with van der Waals surface area (Å²) in [6, 6.07) is 12.9. The number of alkyl halides is 3. The Morgan fingerprint density at radius 3 is 2.45 bits per heavy atom. The van der Waals surface area contributed by atoms with Crippen molar-refractivity contribution in [2.24, 2.45) is 0 Å². The van der Waals surface area contributed by atoms with E-state index in [0.717, 1.165) is 5.56 Å². The zero-order chi connectivity index (χ0) is 16.0. The third kappa shape index (κ3) is 5.14. The summed E-state index contributed by atoms with van der Waals surface area (Å²) in [5, 5.41) is 5.69. The molecule has 7 heteroatoms. The first-order valence-electron chi connectivity index (χ1n) is 6.52. The first kappa shape index (κ1) is 17.0.